The minimum atomic E-state index is -0.185. The van der Waals surface area contributed by atoms with E-state index in [-0.39, 0.29) is 18.3 Å². The first kappa shape index (κ1) is 19.2. The molecule has 0 saturated carbocycles. The normalized spacial score (nSPS) is 14.6. The van der Waals surface area contributed by atoms with Crippen LogP contribution >= 0.6 is 12.4 Å². The van der Waals surface area contributed by atoms with Crippen LogP contribution in [0.3, 0.4) is 0 Å². The Morgan fingerprint density at radius 3 is 2.80 bits per heavy atom. The van der Waals surface area contributed by atoms with E-state index < -0.39 is 0 Å². The summed E-state index contributed by atoms with van der Waals surface area (Å²) in [4.78, 5) is 12.1. The van der Waals surface area contributed by atoms with E-state index in [1.54, 1.807) is 6.20 Å². The largest absolute Gasteiger partial charge is 0.494 e. The first-order valence-corrected chi connectivity index (χ1v) is 8.41. The first-order chi connectivity index (χ1) is 11.8. The maximum atomic E-state index is 12.1. The highest BCUT2D eigenvalue weighted by Gasteiger charge is 2.18. The van der Waals surface area contributed by atoms with Gasteiger partial charge in [0, 0.05) is 6.54 Å². The number of aromatic nitrogens is 3. The lowest BCUT2D eigenvalue weighted by Gasteiger charge is -2.22. The second-order valence-electron chi connectivity index (χ2n) is 5.84. The standard InChI is InChI=1S/C17H23N5O2.ClH/c23-17(19-9-4-12-24-15-5-2-1-3-6-15)16-13-22(21-20-16)14-7-10-18-11-8-14;/h1-3,5-6,13-14,18H,4,7-12H2,(H,19,23);1H. The Morgan fingerprint density at radius 2 is 2.04 bits per heavy atom. The second-order valence-corrected chi connectivity index (χ2v) is 5.84. The van der Waals surface area contributed by atoms with Gasteiger partial charge in [0.1, 0.15) is 5.75 Å². The molecule has 0 atom stereocenters. The molecule has 0 unspecified atom stereocenters. The van der Waals surface area contributed by atoms with Crippen molar-refractivity contribution in [3.63, 3.8) is 0 Å². The number of hydrogen-bond donors (Lipinski definition) is 2. The number of nitrogens with zero attached hydrogens (tertiary/aromatic N) is 3. The predicted molar refractivity (Wildman–Crippen MR) is 97.3 cm³/mol. The minimum Gasteiger partial charge on any atom is -0.494 e. The Labute approximate surface area is 153 Å². The fourth-order valence-corrected chi connectivity index (χ4v) is 2.70. The third-order valence-corrected chi connectivity index (χ3v) is 4.04. The van der Waals surface area contributed by atoms with Gasteiger partial charge in [0.25, 0.3) is 5.91 Å². The average molecular weight is 366 g/mol. The molecule has 1 fully saturated rings. The molecule has 1 aliphatic rings. The number of ether oxygens (including phenoxy) is 1. The Hall–Kier alpha value is -2.12. The van der Waals surface area contributed by atoms with E-state index in [0.717, 1.165) is 38.1 Å². The van der Waals surface area contributed by atoms with Crippen LogP contribution in [0.4, 0.5) is 0 Å². The van der Waals surface area contributed by atoms with E-state index in [4.69, 9.17) is 4.74 Å². The van der Waals surface area contributed by atoms with Crippen molar-refractivity contribution in [2.75, 3.05) is 26.2 Å². The van der Waals surface area contributed by atoms with Gasteiger partial charge in [-0.15, -0.1) is 17.5 Å². The highest BCUT2D eigenvalue weighted by molar-refractivity contribution is 5.91. The summed E-state index contributed by atoms with van der Waals surface area (Å²) in [6.45, 7) is 3.07. The zero-order chi connectivity index (χ0) is 16.6. The Bertz CT molecular complexity index is 643. The lowest BCUT2D eigenvalue weighted by Crippen LogP contribution is -2.29. The van der Waals surface area contributed by atoms with Gasteiger partial charge < -0.3 is 15.4 Å². The van der Waals surface area contributed by atoms with Gasteiger partial charge in [-0.05, 0) is 44.5 Å². The van der Waals surface area contributed by atoms with Crippen LogP contribution in [0.5, 0.6) is 5.75 Å². The number of rotatable bonds is 7. The van der Waals surface area contributed by atoms with E-state index in [9.17, 15) is 4.79 Å². The fraction of sp³-hybridized carbons (Fsp3) is 0.471. The number of hydrogen-bond acceptors (Lipinski definition) is 5. The minimum absolute atomic E-state index is 0. The third-order valence-electron chi connectivity index (χ3n) is 4.04. The molecular weight excluding hydrogens is 342 g/mol. The van der Waals surface area contributed by atoms with Crippen molar-refractivity contribution in [3.8, 4) is 5.75 Å². The summed E-state index contributed by atoms with van der Waals surface area (Å²) in [5, 5.41) is 14.3. The number of piperidine rings is 1. The number of benzene rings is 1. The van der Waals surface area contributed by atoms with E-state index in [0.29, 0.717) is 24.9 Å². The zero-order valence-electron chi connectivity index (χ0n) is 14.1. The number of carbonyl (C=O) groups excluding carboxylic acids is 1. The predicted octanol–water partition coefficient (Wildman–Crippen LogP) is 1.82. The molecule has 1 aromatic heterocycles. The highest BCUT2D eigenvalue weighted by atomic mass is 35.5. The lowest BCUT2D eigenvalue weighted by atomic mass is 10.1. The molecule has 8 heteroatoms. The quantitative estimate of drug-likeness (QED) is 0.731. The lowest BCUT2D eigenvalue weighted by molar-refractivity contribution is 0.0946. The topological polar surface area (TPSA) is 81.1 Å². The summed E-state index contributed by atoms with van der Waals surface area (Å²) in [5.41, 5.74) is 0.373. The molecule has 1 saturated heterocycles. The van der Waals surface area contributed by atoms with Crippen molar-refractivity contribution in [1.29, 1.82) is 0 Å². The molecule has 1 aliphatic heterocycles. The van der Waals surface area contributed by atoms with Crippen molar-refractivity contribution in [1.82, 2.24) is 25.6 Å². The van der Waals surface area contributed by atoms with Gasteiger partial charge in [0.05, 0.1) is 18.8 Å². The number of amides is 1. The number of carbonyl (C=O) groups is 1. The van der Waals surface area contributed by atoms with Gasteiger partial charge in [-0.1, -0.05) is 23.4 Å². The van der Waals surface area contributed by atoms with Crippen molar-refractivity contribution >= 4 is 18.3 Å². The van der Waals surface area contributed by atoms with Gasteiger partial charge >= 0.3 is 0 Å². The maximum absolute atomic E-state index is 12.1. The molecule has 1 aromatic carbocycles. The summed E-state index contributed by atoms with van der Waals surface area (Å²) in [6, 6.07) is 9.98. The van der Waals surface area contributed by atoms with Gasteiger partial charge in [-0.3, -0.25) is 4.79 Å². The molecule has 2 heterocycles. The van der Waals surface area contributed by atoms with E-state index >= 15 is 0 Å². The van der Waals surface area contributed by atoms with Gasteiger partial charge in [0.2, 0.25) is 0 Å². The van der Waals surface area contributed by atoms with Gasteiger partial charge in [-0.2, -0.15) is 0 Å². The van der Waals surface area contributed by atoms with Crippen molar-refractivity contribution in [2.45, 2.75) is 25.3 Å². The van der Waals surface area contributed by atoms with Crippen LogP contribution < -0.4 is 15.4 Å². The van der Waals surface area contributed by atoms with Crippen LogP contribution in [0, 0.1) is 0 Å². The van der Waals surface area contributed by atoms with Crippen LogP contribution in [0.2, 0.25) is 0 Å². The highest BCUT2D eigenvalue weighted by Crippen LogP contribution is 2.17. The number of para-hydroxylation sites is 1. The summed E-state index contributed by atoms with van der Waals surface area (Å²) < 4.78 is 7.40. The molecule has 0 radical (unpaired) electrons. The number of halogens is 1. The molecule has 0 aliphatic carbocycles. The number of nitrogens with one attached hydrogen (secondary N) is 2. The van der Waals surface area contributed by atoms with Crippen molar-refractivity contribution in [3.05, 3.63) is 42.2 Å². The zero-order valence-corrected chi connectivity index (χ0v) is 14.9. The molecule has 1 amide bonds. The maximum Gasteiger partial charge on any atom is 0.273 e. The second kappa shape index (κ2) is 10.0. The first-order valence-electron chi connectivity index (χ1n) is 8.41. The Balaban J connectivity index is 0.00000225. The smallest absolute Gasteiger partial charge is 0.273 e. The SMILES string of the molecule is Cl.O=C(NCCCOc1ccccc1)c1cn(C2CCNCC2)nn1. The summed E-state index contributed by atoms with van der Waals surface area (Å²) in [5.74, 6) is 0.656. The van der Waals surface area contributed by atoms with Crippen molar-refractivity contribution < 1.29 is 9.53 Å². The van der Waals surface area contributed by atoms with Crippen LogP contribution in [0.15, 0.2) is 36.5 Å². The van der Waals surface area contributed by atoms with Gasteiger partial charge in [-0.25, -0.2) is 4.68 Å². The van der Waals surface area contributed by atoms with Gasteiger partial charge in [0.15, 0.2) is 5.69 Å². The fourth-order valence-electron chi connectivity index (χ4n) is 2.70. The average Bonchev–Trinajstić information content (AvgIpc) is 3.13. The van der Waals surface area contributed by atoms with Crippen LogP contribution in [-0.2, 0) is 0 Å². The van der Waals surface area contributed by atoms with E-state index in [2.05, 4.69) is 20.9 Å². The molecule has 2 N–H and O–H groups in total. The van der Waals surface area contributed by atoms with Crippen molar-refractivity contribution in [2.24, 2.45) is 0 Å². The summed E-state index contributed by atoms with van der Waals surface area (Å²) >= 11 is 0. The molecule has 0 bridgehead atoms. The third kappa shape index (κ3) is 5.72. The van der Waals surface area contributed by atoms with Crippen LogP contribution in [-0.4, -0.2) is 47.1 Å². The molecule has 3 rings (SSSR count). The Kier molecular flexibility index (Phi) is 7.69. The molecule has 7 nitrogen and oxygen atoms in total. The monoisotopic (exact) mass is 365 g/mol. The van der Waals surface area contributed by atoms with E-state index in [1.807, 2.05) is 35.0 Å². The summed E-state index contributed by atoms with van der Waals surface area (Å²) in [6.07, 6.45) is 4.51. The molecule has 25 heavy (non-hydrogen) atoms. The Morgan fingerprint density at radius 1 is 1.28 bits per heavy atom. The molecule has 0 spiro atoms. The van der Waals surface area contributed by atoms with E-state index in [1.165, 1.54) is 0 Å². The summed E-state index contributed by atoms with van der Waals surface area (Å²) in [7, 11) is 0. The molecule has 2 aromatic rings. The molecule has 136 valence electrons. The van der Waals surface area contributed by atoms with Crippen LogP contribution in [0.1, 0.15) is 35.8 Å². The van der Waals surface area contributed by atoms with Crippen LogP contribution in [0.25, 0.3) is 0 Å². The molecular formula is C17H24ClN5O2.